The number of benzene rings is 1. The summed E-state index contributed by atoms with van der Waals surface area (Å²) < 4.78 is 2.00. The van der Waals surface area contributed by atoms with E-state index in [2.05, 4.69) is 11.9 Å². The maximum atomic E-state index is 5.96. The zero-order chi connectivity index (χ0) is 10.8. The van der Waals surface area contributed by atoms with Gasteiger partial charge in [-0.05, 0) is 18.2 Å². The molecule has 0 radical (unpaired) electrons. The molecule has 2 rings (SSSR count). The van der Waals surface area contributed by atoms with Gasteiger partial charge in [0.05, 0.1) is 10.0 Å². The van der Waals surface area contributed by atoms with Crippen LogP contribution in [0.15, 0.2) is 30.6 Å². The van der Waals surface area contributed by atoms with Crippen molar-refractivity contribution in [3.63, 3.8) is 0 Å². The first-order chi connectivity index (χ1) is 7.22. The van der Waals surface area contributed by atoms with E-state index < -0.39 is 0 Å². The van der Waals surface area contributed by atoms with Gasteiger partial charge in [-0.25, -0.2) is 4.98 Å². The van der Waals surface area contributed by atoms with Gasteiger partial charge in [0, 0.05) is 24.5 Å². The quantitative estimate of drug-likeness (QED) is 0.783. The van der Waals surface area contributed by atoms with Crippen LogP contribution in [0, 0.1) is 0 Å². The highest BCUT2D eigenvalue weighted by molar-refractivity contribution is 6.42. The topological polar surface area (TPSA) is 17.8 Å². The Hall–Kier alpha value is -0.990. The number of aromatic nitrogens is 2. The fraction of sp³-hybridized carbons (Fsp3) is 0.182. The molecule has 0 bridgehead atoms. The van der Waals surface area contributed by atoms with Gasteiger partial charge in [0.25, 0.3) is 0 Å². The summed E-state index contributed by atoms with van der Waals surface area (Å²) in [5.74, 6) is 1.01. The third-order valence-corrected chi connectivity index (χ3v) is 2.95. The second-order valence-electron chi connectivity index (χ2n) is 3.17. The van der Waals surface area contributed by atoms with Gasteiger partial charge in [-0.2, -0.15) is 0 Å². The van der Waals surface area contributed by atoms with E-state index in [1.54, 1.807) is 12.3 Å². The van der Waals surface area contributed by atoms with Crippen molar-refractivity contribution in [2.45, 2.75) is 13.3 Å². The first kappa shape index (κ1) is 10.5. The van der Waals surface area contributed by atoms with Crippen LogP contribution in [0.3, 0.4) is 0 Å². The molecular weight excluding hydrogens is 231 g/mol. The molecule has 0 aliphatic heterocycles. The molecule has 0 aliphatic rings. The molecule has 0 atom stereocenters. The standard InChI is InChI=1S/C11H10Cl2N2/c1-2-11-14-5-6-15(11)8-3-4-9(12)10(13)7-8/h3-7H,2H2,1H3. The summed E-state index contributed by atoms with van der Waals surface area (Å²) in [7, 11) is 0. The fourth-order valence-electron chi connectivity index (χ4n) is 1.47. The number of hydrogen-bond donors (Lipinski definition) is 0. The fourth-order valence-corrected chi connectivity index (χ4v) is 1.76. The van der Waals surface area contributed by atoms with Gasteiger partial charge in [-0.1, -0.05) is 30.1 Å². The van der Waals surface area contributed by atoms with Gasteiger partial charge in [0.1, 0.15) is 5.82 Å². The van der Waals surface area contributed by atoms with Crippen LogP contribution < -0.4 is 0 Å². The van der Waals surface area contributed by atoms with E-state index in [1.807, 2.05) is 22.9 Å². The average Bonchev–Trinajstić information content (AvgIpc) is 2.70. The van der Waals surface area contributed by atoms with Crippen LogP contribution in [0.5, 0.6) is 0 Å². The molecule has 0 amide bonds. The lowest BCUT2D eigenvalue weighted by molar-refractivity contribution is 0.891. The molecule has 4 heteroatoms. The molecule has 0 fully saturated rings. The van der Waals surface area contributed by atoms with Gasteiger partial charge in [-0.3, -0.25) is 0 Å². The summed E-state index contributed by atoms with van der Waals surface area (Å²) in [6, 6.07) is 5.55. The van der Waals surface area contributed by atoms with Crippen molar-refractivity contribution in [1.29, 1.82) is 0 Å². The molecule has 0 spiro atoms. The van der Waals surface area contributed by atoms with Crippen LogP contribution in [-0.4, -0.2) is 9.55 Å². The summed E-state index contributed by atoms with van der Waals surface area (Å²) >= 11 is 11.8. The molecule has 2 aromatic rings. The van der Waals surface area contributed by atoms with Crippen molar-refractivity contribution >= 4 is 23.2 Å². The minimum absolute atomic E-state index is 0.560. The highest BCUT2D eigenvalue weighted by Gasteiger charge is 2.04. The average molecular weight is 241 g/mol. The highest BCUT2D eigenvalue weighted by Crippen LogP contribution is 2.24. The molecule has 0 saturated heterocycles. The lowest BCUT2D eigenvalue weighted by Crippen LogP contribution is -1.98. The Labute approximate surface area is 98.5 Å². The number of aryl methyl sites for hydroxylation is 1. The number of imidazole rings is 1. The van der Waals surface area contributed by atoms with Crippen LogP contribution >= 0.6 is 23.2 Å². The van der Waals surface area contributed by atoms with E-state index in [4.69, 9.17) is 23.2 Å². The molecule has 1 heterocycles. The van der Waals surface area contributed by atoms with E-state index in [9.17, 15) is 0 Å². The van der Waals surface area contributed by atoms with Crippen LogP contribution in [0.2, 0.25) is 10.0 Å². The van der Waals surface area contributed by atoms with E-state index in [-0.39, 0.29) is 0 Å². The van der Waals surface area contributed by atoms with Gasteiger partial charge >= 0.3 is 0 Å². The van der Waals surface area contributed by atoms with Crippen molar-refractivity contribution in [2.24, 2.45) is 0 Å². The van der Waals surface area contributed by atoms with Crippen molar-refractivity contribution < 1.29 is 0 Å². The third kappa shape index (κ3) is 2.01. The Morgan fingerprint density at radius 1 is 1.27 bits per heavy atom. The van der Waals surface area contributed by atoms with Crippen molar-refractivity contribution in [3.8, 4) is 5.69 Å². The Morgan fingerprint density at radius 3 is 2.73 bits per heavy atom. The Bertz CT molecular complexity index is 477. The van der Waals surface area contributed by atoms with Gasteiger partial charge in [-0.15, -0.1) is 0 Å². The zero-order valence-electron chi connectivity index (χ0n) is 8.24. The SMILES string of the molecule is CCc1nccn1-c1ccc(Cl)c(Cl)c1. The largest absolute Gasteiger partial charge is 0.304 e. The van der Waals surface area contributed by atoms with Crippen LogP contribution in [0.4, 0.5) is 0 Å². The van der Waals surface area contributed by atoms with E-state index in [0.29, 0.717) is 10.0 Å². The Morgan fingerprint density at radius 2 is 2.07 bits per heavy atom. The second kappa shape index (κ2) is 4.25. The number of rotatable bonds is 2. The van der Waals surface area contributed by atoms with Gasteiger partial charge in [0.2, 0.25) is 0 Å². The molecule has 15 heavy (non-hydrogen) atoms. The smallest absolute Gasteiger partial charge is 0.112 e. The minimum atomic E-state index is 0.560. The molecule has 1 aromatic heterocycles. The first-order valence-electron chi connectivity index (χ1n) is 4.70. The van der Waals surface area contributed by atoms with E-state index in [0.717, 1.165) is 17.9 Å². The predicted octanol–water partition coefficient (Wildman–Crippen LogP) is 3.74. The number of nitrogens with zero attached hydrogens (tertiary/aromatic N) is 2. The lowest BCUT2D eigenvalue weighted by atomic mass is 10.3. The van der Waals surface area contributed by atoms with Crippen molar-refractivity contribution in [2.75, 3.05) is 0 Å². The Balaban J connectivity index is 2.50. The van der Waals surface area contributed by atoms with Crippen LogP contribution in [-0.2, 0) is 6.42 Å². The summed E-state index contributed by atoms with van der Waals surface area (Å²) in [6.07, 6.45) is 4.58. The summed E-state index contributed by atoms with van der Waals surface area (Å²) in [4.78, 5) is 4.25. The second-order valence-corrected chi connectivity index (χ2v) is 3.98. The number of hydrogen-bond acceptors (Lipinski definition) is 1. The number of halogens is 2. The monoisotopic (exact) mass is 240 g/mol. The van der Waals surface area contributed by atoms with Gasteiger partial charge < -0.3 is 4.57 Å². The van der Waals surface area contributed by atoms with E-state index in [1.165, 1.54) is 0 Å². The normalized spacial score (nSPS) is 10.6. The zero-order valence-corrected chi connectivity index (χ0v) is 9.76. The third-order valence-electron chi connectivity index (χ3n) is 2.21. The van der Waals surface area contributed by atoms with Crippen molar-refractivity contribution in [1.82, 2.24) is 9.55 Å². The molecule has 2 nitrogen and oxygen atoms in total. The molecular formula is C11H10Cl2N2. The highest BCUT2D eigenvalue weighted by atomic mass is 35.5. The first-order valence-corrected chi connectivity index (χ1v) is 5.45. The summed E-state index contributed by atoms with van der Waals surface area (Å²) in [6.45, 7) is 2.07. The van der Waals surface area contributed by atoms with E-state index >= 15 is 0 Å². The summed E-state index contributed by atoms with van der Waals surface area (Å²) in [5, 5.41) is 1.13. The molecule has 0 aliphatic carbocycles. The Kier molecular flexibility index (Phi) is 2.98. The predicted molar refractivity (Wildman–Crippen MR) is 63.0 cm³/mol. The van der Waals surface area contributed by atoms with Crippen LogP contribution in [0.1, 0.15) is 12.7 Å². The lowest BCUT2D eigenvalue weighted by Gasteiger charge is -2.07. The summed E-state index contributed by atoms with van der Waals surface area (Å²) in [5.41, 5.74) is 0.985. The van der Waals surface area contributed by atoms with Gasteiger partial charge in [0.15, 0.2) is 0 Å². The molecule has 0 unspecified atom stereocenters. The molecule has 0 saturated carbocycles. The maximum absolute atomic E-state index is 5.96. The van der Waals surface area contributed by atoms with Crippen LogP contribution in [0.25, 0.3) is 5.69 Å². The maximum Gasteiger partial charge on any atom is 0.112 e. The van der Waals surface area contributed by atoms with Crippen molar-refractivity contribution in [3.05, 3.63) is 46.5 Å². The minimum Gasteiger partial charge on any atom is -0.304 e. The molecule has 78 valence electrons. The molecule has 1 aromatic carbocycles. The molecule has 0 N–H and O–H groups in total.